The molecule has 2 aromatic carbocycles. The first kappa shape index (κ1) is 25.1. The highest BCUT2D eigenvalue weighted by molar-refractivity contribution is 7.89. The lowest BCUT2D eigenvalue weighted by Crippen LogP contribution is -2.47. The quantitative estimate of drug-likeness (QED) is 0.440. The van der Waals surface area contributed by atoms with E-state index < -0.39 is 14.9 Å². The van der Waals surface area contributed by atoms with Gasteiger partial charge in [0.1, 0.15) is 5.69 Å². The lowest BCUT2D eigenvalue weighted by Gasteiger charge is -2.31. The highest BCUT2D eigenvalue weighted by Gasteiger charge is 2.29. The van der Waals surface area contributed by atoms with Crippen molar-refractivity contribution in [2.75, 3.05) is 45.6 Å². The zero-order valence-corrected chi connectivity index (χ0v) is 20.5. The van der Waals surface area contributed by atoms with E-state index in [1.54, 1.807) is 0 Å². The Morgan fingerprint density at radius 1 is 1.09 bits per heavy atom. The van der Waals surface area contributed by atoms with E-state index in [0.717, 1.165) is 23.7 Å². The molecule has 9 nitrogen and oxygen atoms in total. The number of nitrogens with zero attached hydrogens (tertiary/aromatic N) is 4. The Bertz CT molecular complexity index is 1080. The molecule has 3 rings (SSSR count). The van der Waals surface area contributed by atoms with Gasteiger partial charge in [-0.15, -0.1) is 0 Å². The predicted molar refractivity (Wildman–Crippen MR) is 130 cm³/mol. The summed E-state index contributed by atoms with van der Waals surface area (Å²) in [5, 5.41) is 14.9. The Balaban J connectivity index is 1.81. The van der Waals surface area contributed by atoms with Crippen LogP contribution in [0.1, 0.15) is 25.0 Å². The van der Waals surface area contributed by atoms with E-state index in [-0.39, 0.29) is 10.6 Å². The summed E-state index contributed by atoms with van der Waals surface area (Å²) < 4.78 is 27.4. The number of anilines is 1. The summed E-state index contributed by atoms with van der Waals surface area (Å²) in [6.07, 6.45) is 0. The maximum atomic E-state index is 13.0. The minimum atomic E-state index is -3.78. The van der Waals surface area contributed by atoms with Crippen LogP contribution in [0, 0.1) is 10.1 Å². The zero-order valence-electron chi connectivity index (χ0n) is 19.7. The molecule has 0 radical (unpaired) electrons. The fraction of sp³-hybridized carbons (Fsp3) is 0.478. The molecule has 1 aliphatic heterocycles. The molecular weight excluding hydrogens is 442 g/mol. The van der Waals surface area contributed by atoms with Crippen LogP contribution in [0.4, 0.5) is 11.4 Å². The van der Waals surface area contributed by atoms with Crippen molar-refractivity contribution in [1.82, 2.24) is 14.1 Å². The molecule has 0 unspecified atom stereocenters. The maximum absolute atomic E-state index is 13.0. The molecule has 0 amide bonds. The first-order valence-electron chi connectivity index (χ1n) is 11.1. The average Bonchev–Trinajstić information content (AvgIpc) is 2.78. The molecule has 1 N–H and O–H groups in total. The molecule has 0 atom stereocenters. The van der Waals surface area contributed by atoms with Gasteiger partial charge in [-0.3, -0.25) is 15.0 Å². The monoisotopic (exact) mass is 475 g/mol. The first-order chi connectivity index (χ1) is 15.6. The molecule has 2 aromatic rings. The standard InChI is InChI=1S/C23H33N5O4S/c1-18(2)26(4)17-20-8-6-5-7-19(20)16-24-22-10-9-21(15-23(22)28(29)30)33(31,32)27-13-11-25(3)12-14-27/h5-10,15,18,24H,11-14,16-17H2,1-4H3. The van der Waals surface area contributed by atoms with E-state index >= 15 is 0 Å². The van der Waals surface area contributed by atoms with Gasteiger partial charge in [0.25, 0.3) is 5.69 Å². The van der Waals surface area contributed by atoms with Crippen molar-refractivity contribution in [2.24, 2.45) is 0 Å². The second-order valence-corrected chi connectivity index (χ2v) is 10.7. The van der Waals surface area contributed by atoms with Gasteiger partial charge in [0, 0.05) is 51.4 Å². The van der Waals surface area contributed by atoms with Crippen molar-refractivity contribution in [3.05, 3.63) is 63.7 Å². The third-order valence-corrected chi connectivity index (χ3v) is 8.05. The summed E-state index contributed by atoms with van der Waals surface area (Å²) in [6.45, 7) is 7.42. The summed E-state index contributed by atoms with van der Waals surface area (Å²) >= 11 is 0. The number of likely N-dealkylation sites (N-methyl/N-ethyl adjacent to an activating group) is 1. The smallest absolute Gasteiger partial charge is 0.293 e. The van der Waals surface area contributed by atoms with Gasteiger partial charge in [0.05, 0.1) is 9.82 Å². The third kappa shape index (κ3) is 6.08. The summed E-state index contributed by atoms with van der Waals surface area (Å²) in [5.74, 6) is 0. The van der Waals surface area contributed by atoms with Crippen LogP contribution in [0.15, 0.2) is 47.4 Å². The van der Waals surface area contributed by atoms with Crippen molar-refractivity contribution >= 4 is 21.4 Å². The molecule has 1 aliphatic rings. The van der Waals surface area contributed by atoms with Crippen molar-refractivity contribution in [1.29, 1.82) is 0 Å². The second-order valence-electron chi connectivity index (χ2n) is 8.77. The molecule has 0 saturated carbocycles. The molecule has 180 valence electrons. The number of nitro benzene ring substituents is 1. The van der Waals surface area contributed by atoms with Crippen LogP contribution in [0.25, 0.3) is 0 Å². The molecule has 0 spiro atoms. The van der Waals surface area contributed by atoms with Crippen LogP contribution in [0.3, 0.4) is 0 Å². The van der Waals surface area contributed by atoms with Crippen molar-refractivity contribution in [3.63, 3.8) is 0 Å². The third-order valence-electron chi connectivity index (χ3n) is 6.15. The van der Waals surface area contributed by atoms with Gasteiger partial charge in [-0.05, 0) is 51.2 Å². The number of nitrogens with one attached hydrogen (secondary N) is 1. The van der Waals surface area contributed by atoms with Crippen LogP contribution in [-0.4, -0.2) is 73.8 Å². The van der Waals surface area contributed by atoms with Crippen LogP contribution < -0.4 is 5.32 Å². The second kappa shape index (κ2) is 10.6. The number of nitro groups is 1. The Hall–Kier alpha value is -2.53. The summed E-state index contributed by atoms with van der Waals surface area (Å²) in [7, 11) is 0.209. The predicted octanol–water partition coefficient (Wildman–Crippen LogP) is 2.98. The highest BCUT2D eigenvalue weighted by atomic mass is 32.2. The van der Waals surface area contributed by atoms with Gasteiger partial charge in [0.15, 0.2) is 0 Å². The van der Waals surface area contributed by atoms with Gasteiger partial charge < -0.3 is 10.2 Å². The van der Waals surface area contributed by atoms with Crippen LogP contribution in [-0.2, 0) is 23.1 Å². The Labute approximate surface area is 196 Å². The van der Waals surface area contributed by atoms with E-state index in [1.165, 1.54) is 16.4 Å². The highest BCUT2D eigenvalue weighted by Crippen LogP contribution is 2.30. The lowest BCUT2D eigenvalue weighted by molar-refractivity contribution is -0.384. The molecule has 0 bridgehead atoms. The first-order valence-corrected chi connectivity index (χ1v) is 12.5. The molecule has 1 fully saturated rings. The van der Waals surface area contributed by atoms with Gasteiger partial charge >= 0.3 is 0 Å². The summed E-state index contributed by atoms with van der Waals surface area (Å²) in [4.78, 5) is 15.4. The number of piperazine rings is 1. The van der Waals surface area contributed by atoms with Crippen LogP contribution in [0.5, 0.6) is 0 Å². The molecule has 33 heavy (non-hydrogen) atoms. The average molecular weight is 476 g/mol. The molecule has 1 saturated heterocycles. The summed E-state index contributed by atoms with van der Waals surface area (Å²) in [5.41, 5.74) is 2.22. The van der Waals surface area contributed by atoms with Gasteiger partial charge in [-0.25, -0.2) is 8.42 Å². The van der Waals surface area contributed by atoms with Crippen LogP contribution in [0.2, 0.25) is 0 Å². The molecular formula is C23H33N5O4S. The fourth-order valence-corrected chi connectivity index (χ4v) is 5.12. The number of sulfonamides is 1. The molecule has 0 aromatic heterocycles. The van der Waals surface area contributed by atoms with E-state index in [2.05, 4.69) is 42.1 Å². The molecule has 10 heteroatoms. The van der Waals surface area contributed by atoms with E-state index in [4.69, 9.17) is 0 Å². The zero-order chi connectivity index (χ0) is 24.2. The minimum absolute atomic E-state index is 0.0525. The lowest BCUT2D eigenvalue weighted by atomic mass is 10.1. The Kier molecular flexibility index (Phi) is 8.06. The van der Waals surface area contributed by atoms with E-state index in [0.29, 0.717) is 44.5 Å². The largest absolute Gasteiger partial charge is 0.375 e. The normalized spacial score (nSPS) is 15.8. The van der Waals surface area contributed by atoms with Gasteiger partial charge in [0.2, 0.25) is 10.0 Å². The summed E-state index contributed by atoms with van der Waals surface area (Å²) in [6, 6.07) is 12.5. The maximum Gasteiger partial charge on any atom is 0.293 e. The van der Waals surface area contributed by atoms with E-state index in [9.17, 15) is 18.5 Å². The van der Waals surface area contributed by atoms with Crippen molar-refractivity contribution < 1.29 is 13.3 Å². The topological polar surface area (TPSA) is 99.0 Å². The van der Waals surface area contributed by atoms with E-state index in [1.807, 2.05) is 25.2 Å². The fourth-order valence-electron chi connectivity index (χ4n) is 3.68. The molecule has 1 heterocycles. The van der Waals surface area contributed by atoms with Gasteiger partial charge in [-0.1, -0.05) is 24.3 Å². The van der Waals surface area contributed by atoms with Crippen LogP contribution >= 0.6 is 0 Å². The minimum Gasteiger partial charge on any atom is -0.375 e. The Morgan fingerprint density at radius 3 is 2.33 bits per heavy atom. The number of hydrogen-bond acceptors (Lipinski definition) is 7. The van der Waals surface area contributed by atoms with Crippen molar-refractivity contribution in [2.45, 2.75) is 37.9 Å². The number of benzene rings is 2. The van der Waals surface area contributed by atoms with Gasteiger partial charge in [-0.2, -0.15) is 4.31 Å². The number of hydrogen-bond donors (Lipinski definition) is 1. The SMILES string of the molecule is CC(C)N(C)Cc1ccccc1CNc1ccc(S(=O)(=O)N2CCN(C)CC2)cc1[N+](=O)[O-]. The molecule has 0 aliphatic carbocycles. The number of rotatable bonds is 9. The Morgan fingerprint density at radius 2 is 1.73 bits per heavy atom. The van der Waals surface area contributed by atoms with Crippen molar-refractivity contribution in [3.8, 4) is 0 Å².